The molecule has 1 rings (SSSR count). The fraction of sp³-hybridized carbons (Fsp3) is 0.562. The van der Waals surface area contributed by atoms with Crippen molar-refractivity contribution in [1.82, 2.24) is 5.32 Å². The zero-order chi connectivity index (χ0) is 13.9. The van der Waals surface area contributed by atoms with E-state index in [2.05, 4.69) is 58.1 Å². The lowest BCUT2D eigenvalue weighted by atomic mass is 9.82. The van der Waals surface area contributed by atoms with Gasteiger partial charge in [0.1, 0.15) is 0 Å². The number of hydrogen-bond acceptors (Lipinski definition) is 2. The van der Waals surface area contributed by atoms with E-state index >= 15 is 0 Å². The third kappa shape index (κ3) is 3.11. The minimum absolute atomic E-state index is 0.129. The average molecular weight is 244 g/mol. The molecule has 1 aromatic rings. The Balaban J connectivity index is 3.29. The van der Waals surface area contributed by atoms with Gasteiger partial charge in [0.2, 0.25) is 0 Å². The van der Waals surface area contributed by atoms with Gasteiger partial charge in [-0.15, -0.1) is 0 Å². The van der Waals surface area contributed by atoms with Gasteiger partial charge in [-0.25, -0.2) is 0 Å². The third-order valence-corrected chi connectivity index (χ3v) is 3.45. The van der Waals surface area contributed by atoms with Crippen molar-refractivity contribution < 1.29 is 0 Å². The average Bonchev–Trinajstić information content (AvgIpc) is 2.25. The van der Waals surface area contributed by atoms with Gasteiger partial charge >= 0.3 is 0 Å². The van der Waals surface area contributed by atoms with Crippen molar-refractivity contribution in [3.8, 4) is 6.07 Å². The summed E-state index contributed by atoms with van der Waals surface area (Å²) in [5, 5.41) is 12.1. The fourth-order valence-electron chi connectivity index (χ4n) is 2.40. The number of rotatable bonds is 3. The summed E-state index contributed by atoms with van der Waals surface area (Å²) >= 11 is 0. The number of aryl methyl sites for hydroxylation is 2. The van der Waals surface area contributed by atoms with Gasteiger partial charge in [0.15, 0.2) is 0 Å². The summed E-state index contributed by atoms with van der Waals surface area (Å²) in [4.78, 5) is 0. The van der Waals surface area contributed by atoms with Crippen LogP contribution in [0.2, 0.25) is 0 Å². The molecule has 1 N–H and O–H groups in total. The quantitative estimate of drug-likeness (QED) is 0.878. The van der Waals surface area contributed by atoms with E-state index in [4.69, 9.17) is 5.26 Å². The molecule has 0 spiro atoms. The first-order chi connectivity index (χ1) is 8.31. The zero-order valence-electron chi connectivity index (χ0n) is 12.4. The lowest BCUT2D eigenvalue weighted by molar-refractivity contribution is 0.580. The molecule has 98 valence electrons. The molecule has 0 radical (unpaired) electrons. The molecule has 1 aromatic carbocycles. The van der Waals surface area contributed by atoms with Gasteiger partial charge in [0, 0.05) is 6.04 Å². The molecule has 0 heterocycles. The summed E-state index contributed by atoms with van der Waals surface area (Å²) in [7, 11) is 1.92. The number of benzene rings is 1. The van der Waals surface area contributed by atoms with Crippen LogP contribution in [0.4, 0.5) is 0 Å². The molecule has 1 atom stereocenters. The summed E-state index contributed by atoms with van der Waals surface area (Å²) in [6.45, 7) is 11.0. The molecule has 0 amide bonds. The minimum atomic E-state index is 0.129. The Kier molecular flexibility index (Phi) is 4.53. The van der Waals surface area contributed by atoms with Crippen LogP contribution in [-0.4, -0.2) is 7.05 Å². The highest BCUT2D eigenvalue weighted by molar-refractivity contribution is 5.42. The monoisotopic (exact) mass is 244 g/mol. The molecule has 0 aromatic heterocycles. The predicted octanol–water partition coefficient (Wildman–Crippen LogP) is 3.78. The van der Waals surface area contributed by atoms with Crippen LogP contribution >= 0.6 is 0 Å². The molecule has 2 nitrogen and oxygen atoms in total. The van der Waals surface area contributed by atoms with Gasteiger partial charge in [-0.2, -0.15) is 5.26 Å². The molecule has 1 unspecified atom stereocenters. The van der Waals surface area contributed by atoms with Gasteiger partial charge in [-0.05, 0) is 48.6 Å². The van der Waals surface area contributed by atoms with Gasteiger partial charge < -0.3 is 5.32 Å². The fourth-order valence-corrected chi connectivity index (χ4v) is 2.40. The van der Waals surface area contributed by atoms with Gasteiger partial charge in [0.05, 0.1) is 12.5 Å². The standard InChI is InChI=1S/C16H24N2/c1-11-9-13(16(3,4)5)10-12(2)15(11)14(18-6)7-8-17/h9-10,14,18H,7H2,1-6H3. The Hall–Kier alpha value is -1.33. The molecule has 0 aliphatic heterocycles. The third-order valence-electron chi connectivity index (χ3n) is 3.45. The molecular weight excluding hydrogens is 220 g/mol. The molecular formula is C16H24N2. The largest absolute Gasteiger partial charge is 0.312 e. The van der Waals surface area contributed by atoms with Crippen LogP contribution in [-0.2, 0) is 5.41 Å². The Morgan fingerprint density at radius 3 is 2.06 bits per heavy atom. The highest BCUT2D eigenvalue weighted by Crippen LogP contribution is 2.30. The van der Waals surface area contributed by atoms with E-state index < -0.39 is 0 Å². The van der Waals surface area contributed by atoms with Crippen LogP contribution in [0.3, 0.4) is 0 Å². The molecule has 0 bridgehead atoms. The van der Waals surface area contributed by atoms with E-state index in [0.717, 1.165) is 0 Å². The predicted molar refractivity (Wildman–Crippen MR) is 76.6 cm³/mol. The van der Waals surface area contributed by atoms with E-state index in [0.29, 0.717) is 6.42 Å². The Morgan fingerprint density at radius 2 is 1.72 bits per heavy atom. The van der Waals surface area contributed by atoms with Crippen molar-refractivity contribution >= 4 is 0 Å². The van der Waals surface area contributed by atoms with Crippen LogP contribution in [0.25, 0.3) is 0 Å². The van der Waals surface area contributed by atoms with Crippen LogP contribution in [0.5, 0.6) is 0 Å². The highest BCUT2D eigenvalue weighted by Gasteiger charge is 2.19. The van der Waals surface area contributed by atoms with E-state index in [1.807, 2.05) is 7.05 Å². The lowest BCUT2D eigenvalue weighted by Gasteiger charge is -2.25. The molecule has 0 saturated heterocycles. The number of nitrogens with zero attached hydrogens (tertiary/aromatic N) is 1. The van der Waals surface area contributed by atoms with Crippen LogP contribution in [0, 0.1) is 25.2 Å². The van der Waals surface area contributed by atoms with Gasteiger partial charge in [-0.3, -0.25) is 0 Å². The molecule has 0 aliphatic rings. The Bertz CT molecular complexity index is 438. The summed E-state index contributed by atoms with van der Waals surface area (Å²) < 4.78 is 0. The Morgan fingerprint density at radius 1 is 1.22 bits per heavy atom. The molecule has 0 aliphatic carbocycles. The van der Waals surface area contributed by atoms with Crippen molar-refractivity contribution in [2.75, 3.05) is 7.05 Å². The number of nitriles is 1. The lowest BCUT2D eigenvalue weighted by Crippen LogP contribution is -2.19. The van der Waals surface area contributed by atoms with Crippen molar-refractivity contribution in [2.45, 2.75) is 52.5 Å². The number of hydrogen-bond donors (Lipinski definition) is 1. The van der Waals surface area contributed by atoms with Crippen LogP contribution < -0.4 is 5.32 Å². The summed E-state index contributed by atoms with van der Waals surface area (Å²) in [6.07, 6.45) is 0.507. The number of nitrogens with one attached hydrogen (secondary N) is 1. The maximum absolute atomic E-state index is 8.90. The molecule has 18 heavy (non-hydrogen) atoms. The second-order valence-electron chi connectivity index (χ2n) is 5.98. The van der Waals surface area contributed by atoms with Crippen LogP contribution in [0.1, 0.15) is 55.5 Å². The second-order valence-corrected chi connectivity index (χ2v) is 5.98. The summed E-state index contributed by atoms with van der Waals surface area (Å²) in [6, 6.07) is 6.89. The highest BCUT2D eigenvalue weighted by atomic mass is 14.9. The van der Waals surface area contributed by atoms with Gasteiger partial charge in [-0.1, -0.05) is 32.9 Å². The maximum Gasteiger partial charge on any atom is 0.0641 e. The first kappa shape index (κ1) is 14.7. The summed E-state index contributed by atoms with van der Waals surface area (Å²) in [5.74, 6) is 0. The smallest absolute Gasteiger partial charge is 0.0641 e. The minimum Gasteiger partial charge on any atom is -0.312 e. The normalized spacial score (nSPS) is 13.2. The van der Waals surface area contributed by atoms with E-state index in [-0.39, 0.29) is 11.5 Å². The van der Waals surface area contributed by atoms with Crippen molar-refractivity contribution in [3.63, 3.8) is 0 Å². The zero-order valence-corrected chi connectivity index (χ0v) is 12.4. The van der Waals surface area contributed by atoms with Crippen molar-refractivity contribution in [3.05, 3.63) is 34.4 Å². The summed E-state index contributed by atoms with van der Waals surface area (Å²) in [5.41, 5.74) is 5.34. The van der Waals surface area contributed by atoms with Crippen LogP contribution in [0.15, 0.2) is 12.1 Å². The van der Waals surface area contributed by atoms with Crippen molar-refractivity contribution in [2.24, 2.45) is 0 Å². The topological polar surface area (TPSA) is 35.8 Å². The maximum atomic E-state index is 8.90. The molecule has 0 saturated carbocycles. The van der Waals surface area contributed by atoms with E-state index in [9.17, 15) is 0 Å². The molecule has 0 fully saturated rings. The first-order valence-corrected chi connectivity index (χ1v) is 6.47. The Labute approximate surface area is 111 Å². The molecule has 2 heteroatoms. The second kappa shape index (κ2) is 5.54. The van der Waals surface area contributed by atoms with Crippen molar-refractivity contribution in [1.29, 1.82) is 5.26 Å². The van der Waals surface area contributed by atoms with Gasteiger partial charge in [0.25, 0.3) is 0 Å². The SMILES string of the molecule is CNC(CC#N)c1c(C)cc(C(C)(C)C)cc1C. The van der Waals surface area contributed by atoms with E-state index in [1.165, 1.54) is 22.3 Å². The van der Waals surface area contributed by atoms with E-state index in [1.54, 1.807) is 0 Å². The first-order valence-electron chi connectivity index (χ1n) is 6.47.